The first-order chi connectivity index (χ1) is 8.27. The molecule has 1 N–H and O–H groups in total. The van der Waals surface area contributed by atoms with Gasteiger partial charge in [-0.2, -0.15) is 0 Å². The largest absolute Gasteiger partial charge is 0.379 e. The molecular weight excluding hydrogens is 218 g/mol. The fourth-order valence-electron chi connectivity index (χ4n) is 2.06. The van der Waals surface area contributed by atoms with E-state index in [2.05, 4.69) is 10.3 Å². The van der Waals surface area contributed by atoms with E-state index in [-0.39, 0.29) is 10.6 Å². The summed E-state index contributed by atoms with van der Waals surface area (Å²) >= 11 is 0. The lowest BCUT2D eigenvalue weighted by Gasteiger charge is -2.14. The smallest absolute Gasteiger partial charge is 0.279 e. The van der Waals surface area contributed by atoms with Crippen molar-refractivity contribution in [3.8, 4) is 0 Å². The molecule has 84 valence electrons. The van der Waals surface area contributed by atoms with Crippen LogP contribution in [-0.4, -0.2) is 16.5 Å². The van der Waals surface area contributed by atoms with E-state index >= 15 is 0 Å². The minimum absolute atomic E-state index is 0.0974. The highest BCUT2D eigenvalue weighted by Crippen LogP contribution is 2.35. The first-order valence-corrected chi connectivity index (χ1v) is 5.24. The Morgan fingerprint density at radius 2 is 2.35 bits per heavy atom. The van der Waals surface area contributed by atoms with Crippen molar-refractivity contribution in [2.24, 2.45) is 0 Å². The maximum absolute atomic E-state index is 11.0. The van der Waals surface area contributed by atoms with Gasteiger partial charge in [-0.1, -0.05) is 12.2 Å². The van der Waals surface area contributed by atoms with Crippen LogP contribution in [0.25, 0.3) is 17.0 Å². The standard InChI is InChI=1S/C12H9N3O2/c16-15(17)10-7-8-3-1-5-13-11(8)12-9(10)4-2-6-14-12/h1-4,6-7,13H,5H2. The predicted molar refractivity (Wildman–Crippen MR) is 65.9 cm³/mol. The number of nitrogens with zero attached hydrogens (tertiary/aromatic N) is 2. The maximum Gasteiger partial charge on any atom is 0.279 e. The Morgan fingerprint density at radius 1 is 1.47 bits per heavy atom. The van der Waals surface area contributed by atoms with Gasteiger partial charge in [-0.15, -0.1) is 0 Å². The van der Waals surface area contributed by atoms with E-state index < -0.39 is 0 Å². The Labute approximate surface area is 96.9 Å². The van der Waals surface area contributed by atoms with Gasteiger partial charge in [0, 0.05) is 24.4 Å². The maximum atomic E-state index is 11.0. The first-order valence-electron chi connectivity index (χ1n) is 5.24. The molecule has 2 aromatic rings. The summed E-state index contributed by atoms with van der Waals surface area (Å²) in [6.45, 7) is 0.719. The number of non-ortho nitro benzene ring substituents is 1. The number of hydrogen-bond donors (Lipinski definition) is 1. The quantitative estimate of drug-likeness (QED) is 0.600. The van der Waals surface area contributed by atoms with Crippen LogP contribution in [0.15, 0.2) is 30.5 Å². The number of aromatic nitrogens is 1. The van der Waals surface area contributed by atoms with E-state index in [9.17, 15) is 10.1 Å². The Balaban J connectivity index is 2.44. The second-order valence-electron chi connectivity index (χ2n) is 3.80. The van der Waals surface area contributed by atoms with Crippen molar-refractivity contribution >= 4 is 28.4 Å². The summed E-state index contributed by atoms with van der Waals surface area (Å²) in [6.07, 6.45) is 5.46. The molecule has 17 heavy (non-hydrogen) atoms. The summed E-state index contributed by atoms with van der Waals surface area (Å²) in [6, 6.07) is 5.02. The lowest BCUT2D eigenvalue weighted by molar-refractivity contribution is -0.383. The number of pyridine rings is 1. The summed E-state index contributed by atoms with van der Waals surface area (Å²) in [4.78, 5) is 14.9. The van der Waals surface area contributed by atoms with Gasteiger partial charge >= 0.3 is 0 Å². The highest BCUT2D eigenvalue weighted by Gasteiger charge is 2.19. The zero-order chi connectivity index (χ0) is 11.8. The van der Waals surface area contributed by atoms with Crippen LogP contribution < -0.4 is 5.32 Å². The molecule has 5 heteroatoms. The fourth-order valence-corrected chi connectivity index (χ4v) is 2.06. The fraction of sp³-hybridized carbons (Fsp3) is 0.0833. The van der Waals surface area contributed by atoms with Gasteiger partial charge in [-0.05, 0) is 12.1 Å². The van der Waals surface area contributed by atoms with Crippen LogP contribution in [-0.2, 0) is 0 Å². The van der Waals surface area contributed by atoms with Gasteiger partial charge in [0.1, 0.15) is 5.52 Å². The zero-order valence-corrected chi connectivity index (χ0v) is 8.88. The van der Waals surface area contributed by atoms with Gasteiger partial charge in [0.25, 0.3) is 5.69 Å². The molecule has 0 aliphatic carbocycles. The Morgan fingerprint density at radius 3 is 3.18 bits per heavy atom. The van der Waals surface area contributed by atoms with Crippen molar-refractivity contribution in [1.82, 2.24) is 4.98 Å². The molecule has 0 spiro atoms. The molecule has 0 saturated heterocycles. The summed E-state index contributed by atoms with van der Waals surface area (Å²) in [7, 11) is 0. The Hall–Kier alpha value is -2.43. The topological polar surface area (TPSA) is 68.1 Å². The normalized spacial score (nSPS) is 13.2. The van der Waals surface area contributed by atoms with Gasteiger partial charge < -0.3 is 5.32 Å². The van der Waals surface area contributed by atoms with Gasteiger partial charge in [0.05, 0.1) is 16.0 Å². The van der Waals surface area contributed by atoms with E-state index in [0.717, 1.165) is 17.8 Å². The highest BCUT2D eigenvalue weighted by atomic mass is 16.6. The molecule has 3 rings (SSSR count). The van der Waals surface area contributed by atoms with E-state index in [0.29, 0.717) is 10.9 Å². The minimum Gasteiger partial charge on any atom is -0.379 e. The molecule has 0 atom stereocenters. The van der Waals surface area contributed by atoms with Crippen LogP contribution in [0.5, 0.6) is 0 Å². The van der Waals surface area contributed by atoms with Crippen molar-refractivity contribution in [3.05, 3.63) is 46.1 Å². The molecule has 1 aliphatic heterocycles. The van der Waals surface area contributed by atoms with Crippen LogP contribution >= 0.6 is 0 Å². The monoisotopic (exact) mass is 227 g/mol. The van der Waals surface area contributed by atoms with Crippen molar-refractivity contribution in [2.75, 3.05) is 11.9 Å². The highest BCUT2D eigenvalue weighted by molar-refractivity contribution is 6.01. The average Bonchev–Trinajstić information content (AvgIpc) is 2.37. The van der Waals surface area contributed by atoms with Crippen molar-refractivity contribution < 1.29 is 4.92 Å². The minimum atomic E-state index is -0.368. The molecule has 1 aliphatic rings. The molecule has 0 amide bonds. The molecule has 0 saturated carbocycles. The SMILES string of the molecule is O=[N+]([O-])c1cc2c(c3ncccc13)NCC=C2. The third-order valence-corrected chi connectivity index (χ3v) is 2.79. The second kappa shape index (κ2) is 3.55. The third kappa shape index (κ3) is 1.44. The van der Waals surface area contributed by atoms with E-state index in [1.807, 2.05) is 12.2 Å². The van der Waals surface area contributed by atoms with E-state index in [4.69, 9.17) is 0 Å². The van der Waals surface area contributed by atoms with E-state index in [1.54, 1.807) is 24.4 Å². The van der Waals surface area contributed by atoms with Gasteiger partial charge in [0.2, 0.25) is 0 Å². The van der Waals surface area contributed by atoms with Crippen LogP contribution in [0, 0.1) is 10.1 Å². The Bertz CT molecular complexity index is 649. The van der Waals surface area contributed by atoms with Crippen molar-refractivity contribution in [1.29, 1.82) is 0 Å². The van der Waals surface area contributed by atoms with Gasteiger partial charge in [-0.3, -0.25) is 15.1 Å². The van der Waals surface area contributed by atoms with Gasteiger partial charge in [0.15, 0.2) is 0 Å². The predicted octanol–water partition coefficient (Wildman–Crippen LogP) is 2.58. The van der Waals surface area contributed by atoms with Crippen LogP contribution in [0.4, 0.5) is 11.4 Å². The second-order valence-corrected chi connectivity index (χ2v) is 3.80. The lowest BCUT2D eigenvalue weighted by atomic mass is 10.0. The number of nitro benzene ring substituents is 1. The van der Waals surface area contributed by atoms with Crippen molar-refractivity contribution in [2.45, 2.75) is 0 Å². The molecule has 0 fully saturated rings. The molecule has 5 nitrogen and oxygen atoms in total. The summed E-state index contributed by atoms with van der Waals surface area (Å²) < 4.78 is 0. The third-order valence-electron chi connectivity index (χ3n) is 2.79. The number of nitro groups is 1. The number of fused-ring (bicyclic) bond motifs is 3. The van der Waals surface area contributed by atoms with Crippen LogP contribution in [0.2, 0.25) is 0 Å². The van der Waals surface area contributed by atoms with Crippen LogP contribution in [0.3, 0.4) is 0 Å². The molecular formula is C12H9N3O2. The number of rotatable bonds is 1. The van der Waals surface area contributed by atoms with Gasteiger partial charge in [-0.25, -0.2) is 0 Å². The Kier molecular flexibility index (Phi) is 2.04. The first kappa shape index (κ1) is 9.77. The van der Waals surface area contributed by atoms with Crippen molar-refractivity contribution in [3.63, 3.8) is 0 Å². The van der Waals surface area contributed by atoms with Crippen LogP contribution in [0.1, 0.15) is 5.56 Å². The molecule has 0 radical (unpaired) electrons. The molecule has 2 heterocycles. The average molecular weight is 227 g/mol. The summed E-state index contributed by atoms with van der Waals surface area (Å²) in [5.74, 6) is 0. The van der Waals surface area contributed by atoms with E-state index in [1.165, 1.54) is 0 Å². The molecule has 1 aromatic heterocycles. The molecule has 1 aromatic carbocycles. The molecule has 0 unspecified atom stereocenters. The lowest BCUT2D eigenvalue weighted by Crippen LogP contribution is -2.06. The summed E-state index contributed by atoms with van der Waals surface area (Å²) in [5.41, 5.74) is 2.43. The zero-order valence-electron chi connectivity index (χ0n) is 8.88. The number of benzene rings is 1. The number of hydrogen-bond acceptors (Lipinski definition) is 4. The molecule has 0 bridgehead atoms. The number of nitrogens with one attached hydrogen (secondary N) is 1. The number of anilines is 1. The summed E-state index contributed by atoms with van der Waals surface area (Å²) in [5, 5.41) is 14.8.